The first kappa shape index (κ1) is 14.1. The molecule has 1 aromatic heterocycles. The highest BCUT2D eigenvalue weighted by atomic mass is 19.1. The number of hydrogen-bond donors (Lipinski definition) is 1. The number of hydrogen-bond acceptors (Lipinski definition) is 4. The van der Waals surface area contributed by atoms with Crippen LogP contribution >= 0.6 is 0 Å². The molecule has 1 aromatic carbocycles. The summed E-state index contributed by atoms with van der Waals surface area (Å²) in [7, 11) is 1.30. The van der Waals surface area contributed by atoms with Crippen molar-refractivity contribution in [2.75, 3.05) is 12.4 Å². The molecule has 106 valence electrons. The molecular weight excluding hydrogens is 261 g/mol. The van der Waals surface area contributed by atoms with E-state index in [4.69, 9.17) is 4.42 Å². The fourth-order valence-electron chi connectivity index (χ4n) is 1.89. The largest absolute Gasteiger partial charge is 0.463 e. The molecule has 0 amide bonds. The van der Waals surface area contributed by atoms with Gasteiger partial charge in [0.15, 0.2) is 0 Å². The fourth-order valence-corrected chi connectivity index (χ4v) is 1.89. The Bertz CT molecular complexity index is 621. The number of esters is 1. The van der Waals surface area contributed by atoms with Gasteiger partial charge in [0.25, 0.3) is 0 Å². The van der Waals surface area contributed by atoms with Crippen LogP contribution in [-0.2, 0) is 4.74 Å². The van der Waals surface area contributed by atoms with Gasteiger partial charge in [-0.15, -0.1) is 0 Å². The van der Waals surface area contributed by atoms with Crippen molar-refractivity contribution in [1.29, 1.82) is 0 Å². The number of nitrogens with one attached hydrogen (secondary N) is 1. The van der Waals surface area contributed by atoms with Crippen LogP contribution < -0.4 is 5.32 Å². The van der Waals surface area contributed by atoms with Gasteiger partial charge in [0.2, 0.25) is 5.76 Å². The first-order valence-corrected chi connectivity index (χ1v) is 6.22. The van der Waals surface area contributed by atoms with Crippen LogP contribution in [0.25, 0.3) is 0 Å². The van der Waals surface area contributed by atoms with Crippen molar-refractivity contribution in [2.45, 2.75) is 19.9 Å². The van der Waals surface area contributed by atoms with Crippen molar-refractivity contribution in [3.63, 3.8) is 0 Å². The van der Waals surface area contributed by atoms with Gasteiger partial charge < -0.3 is 14.5 Å². The molecule has 4 nitrogen and oxygen atoms in total. The predicted octanol–water partition coefficient (Wildman–Crippen LogP) is 3.69. The number of anilines is 1. The summed E-state index contributed by atoms with van der Waals surface area (Å²) in [5.41, 5.74) is 1.62. The van der Waals surface area contributed by atoms with Crippen molar-refractivity contribution in [3.05, 3.63) is 53.2 Å². The maximum absolute atomic E-state index is 13.0. The number of halogens is 1. The third-order valence-corrected chi connectivity index (χ3v) is 3.00. The second-order valence-electron chi connectivity index (χ2n) is 4.52. The third-order valence-electron chi connectivity index (χ3n) is 3.00. The summed E-state index contributed by atoms with van der Waals surface area (Å²) in [6, 6.07) is 7.64. The molecule has 2 aromatic rings. The number of furan rings is 1. The van der Waals surface area contributed by atoms with E-state index >= 15 is 0 Å². The lowest BCUT2D eigenvalue weighted by Gasteiger charge is -2.15. The summed E-state index contributed by atoms with van der Waals surface area (Å²) >= 11 is 0. The Morgan fingerprint density at radius 1 is 1.35 bits per heavy atom. The van der Waals surface area contributed by atoms with Crippen LogP contribution in [0.5, 0.6) is 0 Å². The van der Waals surface area contributed by atoms with Gasteiger partial charge in [-0.1, -0.05) is 0 Å². The van der Waals surface area contributed by atoms with E-state index in [-0.39, 0.29) is 17.6 Å². The fraction of sp³-hybridized carbons (Fsp3) is 0.267. The number of rotatable bonds is 4. The van der Waals surface area contributed by atoms with Crippen molar-refractivity contribution in [2.24, 2.45) is 0 Å². The number of ether oxygens (including phenoxy) is 1. The Kier molecular flexibility index (Phi) is 4.08. The van der Waals surface area contributed by atoms with Gasteiger partial charge >= 0.3 is 5.97 Å². The van der Waals surface area contributed by atoms with Crippen molar-refractivity contribution in [1.82, 2.24) is 0 Å². The quantitative estimate of drug-likeness (QED) is 0.866. The molecule has 2 rings (SSSR count). The molecule has 1 heterocycles. The molecule has 0 bridgehead atoms. The van der Waals surface area contributed by atoms with Crippen LogP contribution in [0.1, 0.15) is 34.8 Å². The summed E-state index contributed by atoms with van der Waals surface area (Å²) in [4.78, 5) is 11.3. The monoisotopic (exact) mass is 277 g/mol. The van der Waals surface area contributed by atoms with Gasteiger partial charge in [0, 0.05) is 5.69 Å². The maximum Gasteiger partial charge on any atom is 0.373 e. The van der Waals surface area contributed by atoms with Crippen LogP contribution in [0, 0.1) is 12.7 Å². The van der Waals surface area contributed by atoms with E-state index in [1.165, 1.54) is 19.2 Å². The number of aryl methyl sites for hydroxylation is 1. The smallest absolute Gasteiger partial charge is 0.373 e. The average molecular weight is 277 g/mol. The minimum Gasteiger partial charge on any atom is -0.463 e. The Balaban J connectivity index is 2.13. The van der Waals surface area contributed by atoms with Crippen molar-refractivity contribution >= 4 is 11.7 Å². The highest BCUT2D eigenvalue weighted by molar-refractivity contribution is 5.86. The standard InChI is InChI=1S/C15H16FNO3/c1-9-8-11(16)4-5-12(9)17-10(2)13-6-7-14(20-13)15(18)19-3/h4-8,10,17H,1-3H3. The molecule has 0 aliphatic rings. The first-order valence-electron chi connectivity index (χ1n) is 6.22. The summed E-state index contributed by atoms with van der Waals surface area (Å²) in [5.74, 6) is -0.0193. The zero-order chi connectivity index (χ0) is 14.7. The minimum absolute atomic E-state index is 0.155. The predicted molar refractivity (Wildman–Crippen MR) is 73.2 cm³/mol. The minimum atomic E-state index is -0.513. The van der Waals surface area contributed by atoms with E-state index in [9.17, 15) is 9.18 Å². The zero-order valence-corrected chi connectivity index (χ0v) is 11.6. The third kappa shape index (κ3) is 2.99. The summed E-state index contributed by atoms with van der Waals surface area (Å²) in [6.07, 6.45) is 0. The zero-order valence-electron chi connectivity index (χ0n) is 11.6. The lowest BCUT2D eigenvalue weighted by atomic mass is 10.1. The van der Waals surface area contributed by atoms with Crippen LogP contribution in [-0.4, -0.2) is 13.1 Å². The van der Waals surface area contributed by atoms with Gasteiger partial charge in [-0.2, -0.15) is 0 Å². The van der Waals surface area contributed by atoms with Crippen LogP contribution in [0.4, 0.5) is 10.1 Å². The van der Waals surface area contributed by atoms with E-state index in [2.05, 4.69) is 10.1 Å². The molecule has 0 aliphatic heterocycles. The SMILES string of the molecule is COC(=O)c1ccc(C(C)Nc2ccc(F)cc2C)o1. The Morgan fingerprint density at radius 2 is 2.10 bits per heavy atom. The number of methoxy groups -OCH3 is 1. The number of benzene rings is 1. The number of carbonyl (C=O) groups excluding carboxylic acids is 1. The van der Waals surface area contributed by atoms with E-state index < -0.39 is 5.97 Å². The van der Waals surface area contributed by atoms with Gasteiger partial charge in [0.1, 0.15) is 11.6 Å². The lowest BCUT2D eigenvalue weighted by Crippen LogP contribution is -2.07. The Hall–Kier alpha value is -2.30. The molecule has 5 heteroatoms. The Labute approximate surface area is 116 Å². The molecule has 0 spiro atoms. The van der Waals surface area contributed by atoms with Crippen molar-refractivity contribution < 1.29 is 18.3 Å². The van der Waals surface area contributed by atoms with Gasteiger partial charge in [-0.3, -0.25) is 0 Å². The lowest BCUT2D eigenvalue weighted by molar-refractivity contribution is 0.0562. The van der Waals surface area contributed by atoms with E-state index in [0.717, 1.165) is 11.3 Å². The summed E-state index contributed by atoms with van der Waals surface area (Å²) < 4.78 is 23.0. The number of carbonyl (C=O) groups is 1. The second-order valence-corrected chi connectivity index (χ2v) is 4.52. The molecule has 0 radical (unpaired) electrons. The van der Waals surface area contributed by atoms with Gasteiger partial charge in [0.05, 0.1) is 13.2 Å². The molecule has 1 N–H and O–H groups in total. The van der Waals surface area contributed by atoms with E-state index in [1.54, 1.807) is 18.2 Å². The highest BCUT2D eigenvalue weighted by Crippen LogP contribution is 2.24. The van der Waals surface area contributed by atoms with Crippen molar-refractivity contribution in [3.8, 4) is 0 Å². The molecule has 0 saturated heterocycles. The van der Waals surface area contributed by atoms with E-state index in [0.29, 0.717) is 5.76 Å². The maximum atomic E-state index is 13.0. The topological polar surface area (TPSA) is 51.5 Å². The van der Waals surface area contributed by atoms with E-state index in [1.807, 2.05) is 13.8 Å². The average Bonchev–Trinajstić information content (AvgIpc) is 2.90. The van der Waals surface area contributed by atoms with Crippen LogP contribution in [0.15, 0.2) is 34.7 Å². The summed E-state index contributed by atoms with van der Waals surface area (Å²) in [5, 5.41) is 3.21. The Morgan fingerprint density at radius 3 is 2.75 bits per heavy atom. The normalized spacial score (nSPS) is 12.0. The molecule has 0 saturated carbocycles. The molecule has 20 heavy (non-hydrogen) atoms. The molecular formula is C15H16FNO3. The molecule has 1 atom stereocenters. The first-order chi connectivity index (χ1) is 9.51. The highest BCUT2D eigenvalue weighted by Gasteiger charge is 2.15. The molecule has 0 aliphatic carbocycles. The van der Waals surface area contributed by atoms with Crippen LogP contribution in [0.2, 0.25) is 0 Å². The summed E-state index contributed by atoms with van der Waals surface area (Å²) in [6.45, 7) is 3.71. The van der Waals surface area contributed by atoms with Crippen LogP contribution in [0.3, 0.4) is 0 Å². The molecule has 1 unspecified atom stereocenters. The van der Waals surface area contributed by atoms with Gasteiger partial charge in [-0.05, 0) is 49.7 Å². The second kappa shape index (κ2) is 5.77. The van der Waals surface area contributed by atoms with Gasteiger partial charge in [-0.25, -0.2) is 9.18 Å². The molecule has 0 fully saturated rings.